The molecule has 0 aromatic rings. The highest BCUT2D eigenvalue weighted by Gasteiger charge is 2.66. The van der Waals surface area contributed by atoms with Gasteiger partial charge in [-0.2, -0.15) is 0 Å². The van der Waals surface area contributed by atoms with Gasteiger partial charge in [0.15, 0.2) is 0 Å². The van der Waals surface area contributed by atoms with Gasteiger partial charge in [-0.25, -0.2) is 0 Å². The minimum absolute atomic E-state index is 0.200. The van der Waals surface area contributed by atoms with E-state index in [1.54, 1.807) is 0 Å². The fraction of sp³-hybridized carbons (Fsp3) is 0.929. The fourth-order valence-corrected chi connectivity index (χ4v) is 3.95. The molecular weight excluding hydrogens is 184 g/mol. The summed E-state index contributed by atoms with van der Waals surface area (Å²) in [5.41, 5.74) is 0.752. The number of Topliss-reactive ketones (excluding diaryl/α,β-unsaturated/α-hetero) is 1. The van der Waals surface area contributed by atoms with Crippen molar-refractivity contribution in [3.8, 4) is 0 Å². The Morgan fingerprint density at radius 3 is 2.07 bits per heavy atom. The van der Waals surface area contributed by atoms with Gasteiger partial charge in [-0.15, -0.1) is 0 Å². The monoisotopic (exact) mass is 208 g/mol. The molecule has 0 amide bonds. The third kappa shape index (κ3) is 1.24. The van der Waals surface area contributed by atoms with E-state index in [-0.39, 0.29) is 10.8 Å². The summed E-state index contributed by atoms with van der Waals surface area (Å²) < 4.78 is 0. The van der Waals surface area contributed by atoms with Gasteiger partial charge in [-0.05, 0) is 28.6 Å². The van der Waals surface area contributed by atoms with E-state index in [0.29, 0.717) is 23.0 Å². The van der Waals surface area contributed by atoms with Gasteiger partial charge in [0.25, 0.3) is 0 Å². The Labute approximate surface area is 93.6 Å². The third-order valence-electron chi connectivity index (χ3n) is 5.54. The molecule has 0 spiro atoms. The summed E-state index contributed by atoms with van der Waals surface area (Å²) in [5, 5.41) is 0. The number of carbonyl (C=O) groups excluding carboxylic acids is 1. The lowest BCUT2D eigenvalue weighted by molar-refractivity contribution is -0.201. The number of hydrogen-bond donors (Lipinski definition) is 0. The number of rotatable bonds is 0. The molecule has 0 radical (unpaired) electrons. The van der Waals surface area contributed by atoms with E-state index in [2.05, 4.69) is 41.5 Å². The Morgan fingerprint density at radius 2 is 1.53 bits per heavy atom. The van der Waals surface area contributed by atoms with Crippen molar-refractivity contribution in [1.29, 1.82) is 0 Å². The van der Waals surface area contributed by atoms with Gasteiger partial charge in [0.2, 0.25) is 0 Å². The van der Waals surface area contributed by atoms with Crippen LogP contribution in [-0.4, -0.2) is 5.78 Å². The maximum Gasteiger partial charge on any atom is 0.137 e. The van der Waals surface area contributed by atoms with Gasteiger partial charge < -0.3 is 0 Å². The van der Waals surface area contributed by atoms with Crippen LogP contribution in [0.25, 0.3) is 0 Å². The van der Waals surface area contributed by atoms with E-state index in [0.717, 1.165) is 6.42 Å². The van der Waals surface area contributed by atoms with Gasteiger partial charge in [0.1, 0.15) is 5.78 Å². The third-order valence-corrected chi connectivity index (χ3v) is 5.54. The first-order valence-electron chi connectivity index (χ1n) is 6.12. The van der Waals surface area contributed by atoms with Crippen molar-refractivity contribution < 1.29 is 4.79 Å². The Hall–Kier alpha value is -0.330. The van der Waals surface area contributed by atoms with Gasteiger partial charge in [-0.1, -0.05) is 41.5 Å². The predicted molar refractivity (Wildman–Crippen MR) is 62.6 cm³/mol. The molecule has 2 aliphatic carbocycles. The Morgan fingerprint density at radius 1 is 1.00 bits per heavy atom. The second-order valence-electron chi connectivity index (χ2n) is 7.54. The van der Waals surface area contributed by atoms with E-state index < -0.39 is 0 Å². The number of fused-ring (bicyclic) bond motifs is 1. The number of carbonyl (C=O) groups is 1. The highest BCUT2D eigenvalue weighted by molar-refractivity contribution is 5.85. The molecule has 15 heavy (non-hydrogen) atoms. The fourth-order valence-electron chi connectivity index (χ4n) is 3.95. The highest BCUT2D eigenvalue weighted by Crippen LogP contribution is 2.69. The normalized spacial score (nSPS) is 40.5. The van der Waals surface area contributed by atoms with Crippen LogP contribution in [0.3, 0.4) is 0 Å². The summed E-state index contributed by atoms with van der Waals surface area (Å²) in [4.78, 5) is 12.2. The second kappa shape index (κ2) is 2.67. The molecule has 1 heteroatoms. The first kappa shape index (κ1) is 11.2. The van der Waals surface area contributed by atoms with Crippen LogP contribution in [0.4, 0.5) is 0 Å². The molecule has 1 nitrogen and oxygen atoms in total. The molecule has 0 aliphatic heterocycles. The van der Waals surface area contributed by atoms with Crippen molar-refractivity contribution in [2.24, 2.45) is 28.1 Å². The van der Waals surface area contributed by atoms with E-state index in [4.69, 9.17) is 0 Å². The Balaban J connectivity index is 2.32. The van der Waals surface area contributed by atoms with E-state index in [1.807, 2.05) is 0 Å². The van der Waals surface area contributed by atoms with Crippen LogP contribution < -0.4 is 0 Å². The maximum absolute atomic E-state index is 12.2. The van der Waals surface area contributed by atoms with Crippen molar-refractivity contribution in [1.82, 2.24) is 0 Å². The predicted octanol–water partition coefficient (Wildman–Crippen LogP) is 3.67. The molecule has 0 N–H and O–H groups in total. The molecule has 2 rings (SSSR count). The minimum Gasteiger partial charge on any atom is -0.299 e. The SMILES string of the molecule is CC1(C)CC(=O)[C@H]2[C@@H](C1)C(C)(C)C2(C)C. The summed E-state index contributed by atoms with van der Waals surface area (Å²) in [6, 6.07) is 0. The smallest absolute Gasteiger partial charge is 0.137 e. The van der Waals surface area contributed by atoms with Crippen LogP contribution in [0.15, 0.2) is 0 Å². The van der Waals surface area contributed by atoms with Gasteiger partial charge >= 0.3 is 0 Å². The molecular formula is C14H24O. The first-order chi connectivity index (χ1) is 6.59. The molecule has 2 aliphatic rings. The van der Waals surface area contributed by atoms with Crippen LogP contribution in [0.2, 0.25) is 0 Å². The summed E-state index contributed by atoms with van der Waals surface area (Å²) in [6.45, 7) is 13.7. The maximum atomic E-state index is 12.2. The molecule has 0 unspecified atom stereocenters. The molecule has 2 fully saturated rings. The van der Waals surface area contributed by atoms with Crippen molar-refractivity contribution in [2.45, 2.75) is 54.4 Å². The number of hydrogen-bond acceptors (Lipinski definition) is 1. The standard InChI is InChI=1S/C14H24O/c1-12(2)7-9-11(10(15)8-12)14(5,6)13(9,3)4/h9,11H,7-8H2,1-6H3/t9-,11-/m1/s1. The van der Waals surface area contributed by atoms with Crippen molar-refractivity contribution >= 4 is 5.78 Å². The topological polar surface area (TPSA) is 17.1 Å². The molecule has 0 saturated heterocycles. The average molecular weight is 208 g/mol. The van der Waals surface area contributed by atoms with Crippen LogP contribution in [-0.2, 0) is 4.79 Å². The summed E-state index contributed by atoms with van der Waals surface area (Å²) in [6.07, 6.45) is 2.01. The van der Waals surface area contributed by atoms with Crippen molar-refractivity contribution in [3.63, 3.8) is 0 Å². The van der Waals surface area contributed by atoms with E-state index in [1.165, 1.54) is 6.42 Å². The van der Waals surface area contributed by atoms with Crippen LogP contribution in [0.5, 0.6) is 0 Å². The quantitative estimate of drug-likeness (QED) is 0.593. The Bertz CT molecular complexity index is 309. The van der Waals surface area contributed by atoms with Crippen molar-refractivity contribution in [2.75, 3.05) is 0 Å². The van der Waals surface area contributed by atoms with Crippen LogP contribution in [0, 0.1) is 28.1 Å². The molecule has 0 bridgehead atoms. The zero-order chi connectivity index (χ0) is 11.6. The van der Waals surface area contributed by atoms with Crippen LogP contribution >= 0.6 is 0 Å². The largest absolute Gasteiger partial charge is 0.299 e. The van der Waals surface area contributed by atoms with Crippen molar-refractivity contribution in [3.05, 3.63) is 0 Å². The van der Waals surface area contributed by atoms with E-state index >= 15 is 0 Å². The average Bonchev–Trinajstić information content (AvgIpc) is 1.99. The first-order valence-corrected chi connectivity index (χ1v) is 6.12. The molecule has 2 saturated carbocycles. The summed E-state index contributed by atoms with van der Waals surface area (Å²) in [5.74, 6) is 1.46. The molecule has 0 heterocycles. The lowest BCUT2D eigenvalue weighted by Crippen LogP contribution is -2.65. The van der Waals surface area contributed by atoms with Crippen LogP contribution in [0.1, 0.15) is 54.4 Å². The van der Waals surface area contributed by atoms with Gasteiger partial charge in [0.05, 0.1) is 0 Å². The second-order valence-corrected chi connectivity index (χ2v) is 7.54. The zero-order valence-electron chi connectivity index (χ0n) is 11.0. The molecule has 2 atom stereocenters. The highest BCUT2D eigenvalue weighted by atomic mass is 16.1. The number of ketones is 1. The zero-order valence-corrected chi connectivity index (χ0v) is 11.0. The van der Waals surface area contributed by atoms with Gasteiger partial charge in [0, 0.05) is 12.3 Å². The summed E-state index contributed by atoms with van der Waals surface area (Å²) in [7, 11) is 0. The van der Waals surface area contributed by atoms with Gasteiger partial charge in [-0.3, -0.25) is 4.79 Å². The lowest BCUT2D eigenvalue weighted by atomic mass is 9.36. The molecule has 0 aromatic heterocycles. The van der Waals surface area contributed by atoms with E-state index in [9.17, 15) is 4.79 Å². The summed E-state index contributed by atoms with van der Waals surface area (Å²) >= 11 is 0. The lowest BCUT2D eigenvalue weighted by Gasteiger charge is -2.68. The molecule has 0 aromatic carbocycles. The minimum atomic E-state index is 0.200. The molecule has 86 valence electrons. The Kier molecular flexibility index (Phi) is 1.99.